The second-order valence-electron chi connectivity index (χ2n) is 12.1. The number of hydrogen-bond acceptors (Lipinski definition) is 4. The summed E-state index contributed by atoms with van der Waals surface area (Å²) in [7, 11) is -1.45. The van der Waals surface area contributed by atoms with Crippen molar-refractivity contribution >= 4 is 80.1 Å². The van der Waals surface area contributed by atoms with Crippen molar-refractivity contribution in [2.24, 2.45) is 17.2 Å². The molecule has 7 nitrogen and oxygen atoms in total. The standard InChI is InChI=1S/3C15H16NOP.CH2O.Rh.3H/c3*16-15(17)11-12-18(13-7-3-1-4-8-13)14-9-5-2-6-10-14;1-2;;;;/h3*1-10H,11-12H2,(H2,16,17);1H2;;;;/q;;;;+3;3*-1. The Morgan fingerprint density at radius 3 is 0.614 bits per heavy atom. The zero-order valence-corrected chi connectivity index (χ0v) is 36.1. The van der Waals surface area contributed by atoms with E-state index in [-0.39, 0.29) is 41.5 Å². The minimum absolute atomic E-state index is 0. The first-order valence-electron chi connectivity index (χ1n) is 18.1. The molecule has 0 bridgehead atoms. The van der Waals surface area contributed by atoms with Crippen LogP contribution in [0.1, 0.15) is 23.5 Å². The van der Waals surface area contributed by atoms with Crippen molar-refractivity contribution in [2.45, 2.75) is 19.3 Å². The van der Waals surface area contributed by atoms with Crippen molar-refractivity contribution in [3.63, 3.8) is 0 Å². The van der Waals surface area contributed by atoms with Crippen LogP contribution in [0.15, 0.2) is 182 Å². The van der Waals surface area contributed by atoms with Gasteiger partial charge in [-0.05, 0) is 74.1 Å². The first-order valence-corrected chi connectivity index (χ1v) is 22.7. The number of nitrogens with two attached hydrogens (primary N) is 3. The molecule has 6 aromatic rings. The third-order valence-corrected chi connectivity index (χ3v) is 15.7. The summed E-state index contributed by atoms with van der Waals surface area (Å²) in [6.45, 7) is 2.00. The van der Waals surface area contributed by atoms with Crippen LogP contribution < -0.4 is 49.0 Å². The van der Waals surface area contributed by atoms with Gasteiger partial charge >= 0.3 is 19.5 Å². The smallest absolute Gasteiger partial charge is 1.00 e. The number of carbonyl (C=O) groups is 4. The monoisotopic (exact) mass is 907 g/mol. The fraction of sp³-hybridized carbons (Fsp3) is 0.130. The molecule has 0 atom stereocenters. The molecular weight excluding hydrogens is 854 g/mol. The fourth-order valence-electron chi connectivity index (χ4n) is 5.54. The number of rotatable bonds is 15. The third-order valence-electron chi connectivity index (χ3n) is 8.15. The maximum atomic E-state index is 11.0. The van der Waals surface area contributed by atoms with Gasteiger partial charge in [0.05, 0.1) is 0 Å². The van der Waals surface area contributed by atoms with Gasteiger partial charge in [-0.25, -0.2) is 0 Å². The average molecular weight is 908 g/mol. The molecule has 0 heterocycles. The maximum Gasteiger partial charge on any atom is 3.00 e. The van der Waals surface area contributed by atoms with Gasteiger partial charge < -0.3 is 26.3 Å². The van der Waals surface area contributed by atoms with E-state index in [0.717, 1.165) is 18.5 Å². The van der Waals surface area contributed by atoms with Crippen LogP contribution in [-0.4, -0.2) is 43.0 Å². The van der Waals surface area contributed by atoms with Crippen molar-refractivity contribution in [1.29, 1.82) is 0 Å². The van der Waals surface area contributed by atoms with Crippen molar-refractivity contribution in [1.82, 2.24) is 0 Å². The van der Waals surface area contributed by atoms with Crippen molar-refractivity contribution < 1.29 is 42.9 Å². The van der Waals surface area contributed by atoms with Crippen molar-refractivity contribution in [2.75, 3.05) is 18.5 Å². The van der Waals surface area contributed by atoms with Gasteiger partial charge in [-0.1, -0.05) is 182 Å². The Hall–Kier alpha value is -4.69. The summed E-state index contributed by atoms with van der Waals surface area (Å²) in [5, 5.41) is 7.75. The van der Waals surface area contributed by atoms with Gasteiger partial charge in [-0.3, -0.25) is 14.4 Å². The summed E-state index contributed by atoms with van der Waals surface area (Å²) in [5.74, 6) is -0.682. The molecule has 6 aromatic carbocycles. The van der Waals surface area contributed by atoms with E-state index < -0.39 is 23.8 Å². The van der Waals surface area contributed by atoms with E-state index in [1.165, 1.54) is 31.8 Å². The van der Waals surface area contributed by atoms with E-state index in [0.29, 0.717) is 19.3 Å². The topological polar surface area (TPSA) is 146 Å². The van der Waals surface area contributed by atoms with Crippen LogP contribution in [0.25, 0.3) is 0 Å². The molecule has 3 amide bonds. The molecule has 0 fully saturated rings. The SMILES string of the molecule is C=O.NC(=O)CCP(c1ccccc1)c1ccccc1.NC(=O)CCP(c1ccccc1)c1ccccc1.NC(=O)CCP(c1ccccc1)c1ccccc1.[H-].[H-].[H-].[Rh+3]. The van der Waals surface area contributed by atoms with Crippen LogP contribution in [0.2, 0.25) is 0 Å². The molecule has 300 valence electrons. The quantitative estimate of drug-likeness (QED) is 0.0841. The third kappa shape index (κ3) is 18.4. The van der Waals surface area contributed by atoms with Gasteiger partial charge in [0.15, 0.2) is 0 Å². The second kappa shape index (κ2) is 28.7. The average Bonchev–Trinajstić information content (AvgIpc) is 3.24. The van der Waals surface area contributed by atoms with Gasteiger partial charge in [0.25, 0.3) is 0 Å². The molecule has 6 rings (SSSR count). The fourth-order valence-corrected chi connectivity index (χ4v) is 12.5. The van der Waals surface area contributed by atoms with Crippen LogP contribution in [-0.2, 0) is 38.7 Å². The number of benzene rings is 6. The number of carbonyl (C=O) groups excluding carboxylic acids is 4. The first kappa shape index (κ1) is 48.5. The van der Waals surface area contributed by atoms with E-state index in [2.05, 4.69) is 72.8 Å². The molecule has 0 unspecified atom stereocenters. The minimum atomic E-state index is -0.484. The Morgan fingerprint density at radius 2 is 0.491 bits per heavy atom. The minimum Gasteiger partial charge on any atom is -1.00 e. The summed E-state index contributed by atoms with van der Waals surface area (Å²) < 4.78 is 0. The Kier molecular flexibility index (Phi) is 24.4. The Morgan fingerprint density at radius 1 is 0.351 bits per heavy atom. The van der Waals surface area contributed by atoms with Crippen LogP contribution in [0.3, 0.4) is 0 Å². The van der Waals surface area contributed by atoms with E-state index in [1.54, 1.807) is 0 Å². The molecular formula is C46H53N3O4P3Rh. The Labute approximate surface area is 358 Å². The summed E-state index contributed by atoms with van der Waals surface area (Å²) >= 11 is 0. The maximum absolute atomic E-state index is 11.0. The number of hydrogen-bond donors (Lipinski definition) is 3. The molecule has 0 saturated carbocycles. The van der Waals surface area contributed by atoms with Gasteiger partial charge in [-0.15, -0.1) is 0 Å². The van der Waals surface area contributed by atoms with E-state index in [4.69, 9.17) is 22.0 Å². The predicted octanol–water partition coefficient (Wildman–Crippen LogP) is 6.13. The van der Waals surface area contributed by atoms with Crippen LogP contribution in [0.4, 0.5) is 0 Å². The van der Waals surface area contributed by atoms with Crippen molar-refractivity contribution in [3.8, 4) is 0 Å². The van der Waals surface area contributed by atoms with Crippen molar-refractivity contribution in [3.05, 3.63) is 182 Å². The van der Waals surface area contributed by atoms with Crippen LogP contribution in [0.5, 0.6) is 0 Å². The Bertz CT molecular complexity index is 1650. The first-order chi connectivity index (χ1) is 27.3. The second-order valence-corrected chi connectivity index (χ2v) is 19.1. The number of primary amides is 3. The van der Waals surface area contributed by atoms with Crippen LogP contribution in [0, 0.1) is 0 Å². The summed E-state index contributed by atoms with van der Waals surface area (Å²) in [6, 6.07) is 62.0. The van der Waals surface area contributed by atoms with Gasteiger partial charge in [-0.2, -0.15) is 0 Å². The van der Waals surface area contributed by atoms with E-state index in [1.807, 2.05) is 116 Å². The molecule has 0 aliphatic carbocycles. The molecule has 0 aliphatic rings. The van der Waals surface area contributed by atoms with Gasteiger partial charge in [0.1, 0.15) is 6.79 Å². The molecule has 0 saturated heterocycles. The molecule has 0 aromatic heterocycles. The molecule has 0 radical (unpaired) electrons. The molecule has 6 N–H and O–H groups in total. The summed E-state index contributed by atoms with van der Waals surface area (Å²) in [5.41, 5.74) is 15.8. The molecule has 0 spiro atoms. The van der Waals surface area contributed by atoms with Gasteiger partial charge in [0.2, 0.25) is 17.7 Å². The molecule has 57 heavy (non-hydrogen) atoms. The largest absolute Gasteiger partial charge is 3.00 e. The normalized spacial score (nSPS) is 10.0. The Balaban J connectivity index is 0. The zero-order valence-electron chi connectivity index (χ0n) is 34.8. The summed E-state index contributed by atoms with van der Waals surface area (Å²) in [4.78, 5) is 41.0. The zero-order chi connectivity index (χ0) is 40.4. The van der Waals surface area contributed by atoms with Crippen LogP contribution >= 0.6 is 23.8 Å². The molecule has 11 heteroatoms. The number of amides is 3. The van der Waals surface area contributed by atoms with E-state index >= 15 is 0 Å². The predicted molar refractivity (Wildman–Crippen MR) is 244 cm³/mol. The van der Waals surface area contributed by atoms with E-state index in [9.17, 15) is 14.4 Å². The van der Waals surface area contributed by atoms with Gasteiger partial charge in [0, 0.05) is 19.3 Å². The summed E-state index contributed by atoms with van der Waals surface area (Å²) in [6.07, 6.45) is 3.77. The molecule has 0 aliphatic heterocycles.